The molecule has 0 aliphatic rings. The standard InChI is InChI=1S/C10H8F3NS/c1-7-2-3-9(15-5-4-14)8(6-7)10(11,12)13/h2-3,6H,5H2,1H3. The first kappa shape index (κ1) is 11.9. The van der Waals surface area contributed by atoms with E-state index >= 15 is 0 Å². The third-order valence-corrected chi connectivity index (χ3v) is 2.67. The van der Waals surface area contributed by atoms with Gasteiger partial charge in [0, 0.05) is 4.90 Å². The first-order chi connectivity index (χ1) is 6.95. The van der Waals surface area contributed by atoms with Gasteiger partial charge < -0.3 is 0 Å². The first-order valence-electron chi connectivity index (χ1n) is 4.12. The number of thioether (sulfide) groups is 1. The molecule has 1 aromatic carbocycles. The molecule has 0 aliphatic carbocycles. The fourth-order valence-corrected chi connectivity index (χ4v) is 1.82. The van der Waals surface area contributed by atoms with E-state index in [1.807, 2.05) is 0 Å². The van der Waals surface area contributed by atoms with Crippen LogP contribution in [0.25, 0.3) is 0 Å². The van der Waals surface area contributed by atoms with Crippen LogP contribution in [-0.2, 0) is 6.18 Å². The molecular weight excluding hydrogens is 223 g/mol. The molecule has 5 heteroatoms. The second-order valence-corrected chi connectivity index (χ2v) is 3.96. The van der Waals surface area contributed by atoms with Crippen LogP contribution < -0.4 is 0 Å². The van der Waals surface area contributed by atoms with Gasteiger partial charge in [-0.2, -0.15) is 18.4 Å². The van der Waals surface area contributed by atoms with Crippen LogP contribution in [0, 0.1) is 18.3 Å². The summed E-state index contributed by atoms with van der Waals surface area (Å²) in [5, 5.41) is 8.32. The molecule has 80 valence electrons. The van der Waals surface area contributed by atoms with E-state index in [9.17, 15) is 13.2 Å². The maximum atomic E-state index is 12.6. The Kier molecular flexibility index (Phi) is 3.64. The Hall–Kier alpha value is -1.15. The molecule has 1 aromatic rings. The summed E-state index contributed by atoms with van der Waals surface area (Å²) < 4.78 is 37.7. The van der Waals surface area contributed by atoms with Crippen molar-refractivity contribution in [2.24, 2.45) is 0 Å². The number of hydrogen-bond acceptors (Lipinski definition) is 2. The summed E-state index contributed by atoms with van der Waals surface area (Å²) in [5.74, 6) is 0.0200. The Morgan fingerprint density at radius 3 is 2.60 bits per heavy atom. The van der Waals surface area contributed by atoms with Crippen molar-refractivity contribution in [3.63, 3.8) is 0 Å². The highest BCUT2D eigenvalue weighted by atomic mass is 32.2. The quantitative estimate of drug-likeness (QED) is 0.726. The summed E-state index contributed by atoms with van der Waals surface area (Å²) in [6, 6.07) is 5.91. The van der Waals surface area contributed by atoms with Gasteiger partial charge in [0.2, 0.25) is 0 Å². The van der Waals surface area contributed by atoms with E-state index in [2.05, 4.69) is 0 Å². The zero-order valence-corrected chi connectivity index (χ0v) is 8.75. The zero-order valence-electron chi connectivity index (χ0n) is 7.93. The topological polar surface area (TPSA) is 23.8 Å². The van der Waals surface area contributed by atoms with Crippen LogP contribution in [0.2, 0.25) is 0 Å². The van der Waals surface area contributed by atoms with Crippen LogP contribution >= 0.6 is 11.8 Å². The largest absolute Gasteiger partial charge is 0.417 e. The molecule has 0 bridgehead atoms. The molecule has 0 atom stereocenters. The highest BCUT2D eigenvalue weighted by Gasteiger charge is 2.33. The second-order valence-electron chi connectivity index (χ2n) is 2.94. The van der Waals surface area contributed by atoms with Gasteiger partial charge in [0.05, 0.1) is 17.4 Å². The Bertz CT molecular complexity index is 393. The van der Waals surface area contributed by atoms with E-state index in [0.29, 0.717) is 5.56 Å². The fraction of sp³-hybridized carbons (Fsp3) is 0.300. The van der Waals surface area contributed by atoms with Gasteiger partial charge in [0.15, 0.2) is 0 Å². The highest BCUT2D eigenvalue weighted by molar-refractivity contribution is 7.99. The molecule has 1 rings (SSSR count). The van der Waals surface area contributed by atoms with Gasteiger partial charge in [-0.15, -0.1) is 11.8 Å². The number of halogens is 3. The number of aryl methyl sites for hydroxylation is 1. The number of hydrogen-bond donors (Lipinski definition) is 0. The molecular formula is C10H8F3NS. The second kappa shape index (κ2) is 4.58. The predicted octanol–water partition coefficient (Wildman–Crippen LogP) is 3.63. The molecule has 0 radical (unpaired) electrons. The van der Waals surface area contributed by atoms with E-state index in [-0.39, 0.29) is 10.6 Å². The minimum Gasteiger partial charge on any atom is -0.197 e. The fourth-order valence-electron chi connectivity index (χ4n) is 1.10. The molecule has 0 saturated carbocycles. The van der Waals surface area contributed by atoms with Crippen molar-refractivity contribution in [1.82, 2.24) is 0 Å². The lowest BCUT2D eigenvalue weighted by atomic mass is 10.1. The zero-order chi connectivity index (χ0) is 11.5. The van der Waals surface area contributed by atoms with E-state index in [1.54, 1.807) is 19.1 Å². The van der Waals surface area contributed by atoms with E-state index in [0.717, 1.165) is 17.8 Å². The summed E-state index contributed by atoms with van der Waals surface area (Å²) in [4.78, 5) is 0.106. The summed E-state index contributed by atoms with van der Waals surface area (Å²) >= 11 is 0.902. The molecule has 0 aliphatic heterocycles. The van der Waals surface area contributed by atoms with Crippen LogP contribution in [0.3, 0.4) is 0 Å². The summed E-state index contributed by atoms with van der Waals surface area (Å²) in [5.41, 5.74) is -0.105. The van der Waals surface area contributed by atoms with Crippen LogP contribution in [0.15, 0.2) is 23.1 Å². The molecule has 0 spiro atoms. The summed E-state index contributed by atoms with van der Waals surface area (Å²) in [7, 11) is 0. The Balaban J connectivity index is 3.10. The van der Waals surface area contributed by atoms with Crippen LogP contribution in [0.5, 0.6) is 0 Å². The smallest absolute Gasteiger partial charge is 0.197 e. The van der Waals surface area contributed by atoms with Crippen molar-refractivity contribution < 1.29 is 13.2 Å². The average Bonchev–Trinajstić information content (AvgIpc) is 2.14. The lowest BCUT2D eigenvalue weighted by Crippen LogP contribution is -2.07. The molecule has 0 amide bonds. The SMILES string of the molecule is Cc1ccc(SCC#N)c(C(F)(F)F)c1. The average molecular weight is 231 g/mol. The van der Waals surface area contributed by atoms with Gasteiger partial charge in [-0.3, -0.25) is 0 Å². The Labute approximate surface area is 89.9 Å². The lowest BCUT2D eigenvalue weighted by molar-refractivity contribution is -0.139. The van der Waals surface area contributed by atoms with Crippen molar-refractivity contribution in [2.45, 2.75) is 18.0 Å². The molecule has 0 heterocycles. The minimum atomic E-state index is -4.36. The maximum absolute atomic E-state index is 12.6. The Morgan fingerprint density at radius 2 is 2.07 bits per heavy atom. The summed E-state index contributed by atoms with van der Waals surface area (Å²) in [6.07, 6.45) is -4.36. The van der Waals surface area contributed by atoms with E-state index < -0.39 is 11.7 Å². The monoisotopic (exact) mass is 231 g/mol. The number of rotatable bonds is 2. The lowest BCUT2D eigenvalue weighted by Gasteiger charge is -2.12. The van der Waals surface area contributed by atoms with Gasteiger partial charge in [-0.1, -0.05) is 11.6 Å². The number of nitriles is 1. The van der Waals surface area contributed by atoms with Crippen LogP contribution in [-0.4, -0.2) is 5.75 Å². The molecule has 0 aromatic heterocycles. The van der Waals surface area contributed by atoms with Crippen molar-refractivity contribution in [2.75, 3.05) is 5.75 Å². The van der Waals surface area contributed by atoms with Crippen molar-refractivity contribution in [3.05, 3.63) is 29.3 Å². The van der Waals surface area contributed by atoms with E-state index in [4.69, 9.17) is 5.26 Å². The van der Waals surface area contributed by atoms with Gasteiger partial charge in [-0.25, -0.2) is 0 Å². The molecule has 1 nitrogen and oxygen atoms in total. The minimum absolute atomic E-state index is 0.0200. The molecule has 0 saturated heterocycles. The molecule has 15 heavy (non-hydrogen) atoms. The number of nitrogens with zero attached hydrogens (tertiary/aromatic N) is 1. The van der Waals surface area contributed by atoms with Crippen molar-refractivity contribution in [1.29, 1.82) is 5.26 Å². The van der Waals surface area contributed by atoms with Gasteiger partial charge >= 0.3 is 6.18 Å². The third-order valence-electron chi connectivity index (χ3n) is 1.73. The van der Waals surface area contributed by atoms with E-state index in [1.165, 1.54) is 6.07 Å². The summed E-state index contributed by atoms with van der Waals surface area (Å²) in [6.45, 7) is 1.61. The van der Waals surface area contributed by atoms with Crippen LogP contribution in [0.1, 0.15) is 11.1 Å². The normalized spacial score (nSPS) is 11.1. The molecule has 0 N–H and O–H groups in total. The predicted molar refractivity (Wildman–Crippen MR) is 52.5 cm³/mol. The molecule has 0 unspecified atom stereocenters. The number of benzene rings is 1. The van der Waals surface area contributed by atoms with Crippen molar-refractivity contribution >= 4 is 11.8 Å². The van der Waals surface area contributed by atoms with Crippen LogP contribution in [0.4, 0.5) is 13.2 Å². The first-order valence-corrected chi connectivity index (χ1v) is 5.11. The third kappa shape index (κ3) is 3.17. The molecule has 0 fully saturated rings. The maximum Gasteiger partial charge on any atom is 0.417 e. The van der Waals surface area contributed by atoms with Crippen molar-refractivity contribution in [3.8, 4) is 6.07 Å². The number of alkyl halides is 3. The van der Waals surface area contributed by atoms with Gasteiger partial charge in [0.25, 0.3) is 0 Å². The Morgan fingerprint density at radius 1 is 1.40 bits per heavy atom. The van der Waals surface area contributed by atoms with Gasteiger partial charge in [-0.05, 0) is 19.1 Å². The van der Waals surface area contributed by atoms with Gasteiger partial charge in [0.1, 0.15) is 0 Å². The highest BCUT2D eigenvalue weighted by Crippen LogP contribution is 2.37.